The fourth-order valence-electron chi connectivity index (χ4n) is 1.47. The predicted molar refractivity (Wildman–Crippen MR) is 86.9 cm³/mol. The van der Waals surface area contributed by atoms with E-state index in [1.165, 1.54) is 13.1 Å². The van der Waals surface area contributed by atoms with Gasteiger partial charge >= 0.3 is 13.8 Å². The Bertz CT molecular complexity index is 704. The molecule has 0 spiro atoms. The molecule has 1 heterocycles. The number of hydrogen-bond donors (Lipinski definition) is 6. The summed E-state index contributed by atoms with van der Waals surface area (Å²) in [6, 6.07) is -0.979. The molecular weight excluding hydrogens is 373 g/mol. The number of nitrogens with zero attached hydrogens (tertiary/aromatic N) is 1. The van der Waals surface area contributed by atoms with Crippen molar-refractivity contribution in [2.75, 3.05) is 0 Å². The van der Waals surface area contributed by atoms with Crippen LogP contribution in [0.25, 0.3) is 0 Å². The third-order valence-electron chi connectivity index (χ3n) is 2.88. The van der Waals surface area contributed by atoms with Crippen LogP contribution in [-0.2, 0) is 25.3 Å². The van der Waals surface area contributed by atoms with Gasteiger partial charge in [-0.05, 0) is 13.3 Å². The van der Waals surface area contributed by atoms with Gasteiger partial charge in [0.05, 0.1) is 17.9 Å². The Morgan fingerprint density at radius 1 is 1.42 bits per heavy atom. The first kappa shape index (κ1) is 23.6. The second-order valence-electron chi connectivity index (χ2n) is 4.96. The number of rotatable bonds is 8. The van der Waals surface area contributed by atoms with Crippen molar-refractivity contribution in [1.82, 2.24) is 4.98 Å². The predicted octanol–water partition coefficient (Wildman–Crippen LogP) is -0.819. The fraction of sp³-hybridized carbons (Fsp3) is 0.385. The Hall–Kier alpha value is -2.37. The Kier molecular flexibility index (Phi) is 9.62. The maximum Gasteiger partial charge on any atom is 0.469 e. The molecule has 0 bridgehead atoms. The van der Waals surface area contributed by atoms with Gasteiger partial charge in [-0.25, -0.2) is 4.57 Å². The molecule has 8 N–H and O–H groups in total. The van der Waals surface area contributed by atoms with Crippen LogP contribution in [-0.4, -0.2) is 49.2 Å². The zero-order chi connectivity index (χ0) is 20.5. The third kappa shape index (κ3) is 9.20. The largest absolute Gasteiger partial charge is 0.505 e. The molecule has 0 fully saturated rings. The molecule has 0 aromatic carbocycles. The number of carbonyl (C=O) groups excluding carboxylic acids is 2. The maximum absolute atomic E-state index is 10.7. The number of aromatic nitrogens is 1. The highest BCUT2D eigenvalue weighted by atomic mass is 31.2. The minimum absolute atomic E-state index is 0.0213. The Morgan fingerprint density at radius 2 is 2.00 bits per heavy atom. The number of carboxylic acids is 1. The van der Waals surface area contributed by atoms with E-state index in [1.807, 2.05) is 0 Å². The van der Waals surface area contributed by atoms with Crippen LogP contribution in [0.1, 0.15) is 34.5 Å². The van der Waals surface area contributed by atoms with Crippen molar-refractivity contribution in [1.29, 1.82) is 0 Å². The number of pyridine rings is 1. The van der Waals surface area contributed by atoms with E-state index in [0.29, 0.717) is 6.29 Å². The molecule has 0 aliphatic carbocycles. The van der Waals surface area contributed by atoms with E-state index in [-0.39, 0.29) is 35.4 Å². The molecule has 0 aliphatic rings. The van der Waals surface area contributed by atoms with Crippen LogP contribution in [0.2, 0.25) is 0 Å². The maximum atomic E-state index is 10.7. The third-order valence-corrected chi connectivity index (χ3v) is 3.35. The molecule has 0 saturated carbocycles. The normalized spacial score (nSPS) is 11.8. The second kappa shape index (κ2) is 10.6. The number of nitrogens with two attached hydrogens (primary N) is 2. The van der Waals surface area contributed by atoms with Crippen LogP contribution in [0.3, 0.4) is 0 Å². The van der Waals surface area contributed by atoms with Gasteiger partial charge in [0.2, 0.25) is 5.91 Å². The standard InChI is InChI=1S/C8H10NO6P.C5H10N2O3/c1-5-8(11)7(3-10)6(2-9-5)4-15-16(12,13)14;6-3(5(9)10)1-2-4(7)8/h2-3,11H,4H2,1H3,(H2,12,13,14);3H,1-2,6H2,(H2,7,8)(H,9,10)/t;3-/m.0/s1. The van der Waals surface area contributed by atoms with E-state index in [2.05, 4.69) is 9.51 Å². The molecule has 0 saturated heterocycles. The number of aldehydes is 1. The Morgan fingerprint density at radius 3 is 2.42 bits per heavy atom. The lowest BCUT2D eigenvalue weighted by Crippen LogP contribution is -2.31. The Labute approximate surface area is 148 Å². The first-order valence-electron chi connectivity index (χ1n) is 6.98. The zero-order valence-electron chi connectivity index (χ0n) is 13.7. The molecule has 13 heteroatoms. The molecule has 0 aliphatic heterocycles. The van der Waals surface area contributed by atoms with Gasteiger partial charge in [0, 0.05) is 18.2 Å². The SMILES string of the molecule is Cc1ncc(COP(=O)(O)O)c(C=O)c1O.NC(=O)CC[C@H](N)C(=O)O. The van der Waals surface area contributed by atoms with Gasteiger partial charge in [-0.15, -0.1) is 0 Å². The lowest BCUT2D eigenvalue weighted by atomic mass is 10.1. The van der Waals surface area contributed by atoms with Crippen LogP contribution >= 0.6 is 7.82 Å². The minimum Gasteiger partial charge on any atom is -0.505 e. The van der Waals surface area contributed by atoms with Crippen molar-refractivity contribution in [3.8, 4) is 5.75 Å². The number of aromatic hydroxyl groups is 1. The molecule has 1 amide bonds. The monoisotopic (exact) mass is 393 g/mol. The van der Waals surface area contributed by atoms with Crippen molar-refractivity contribution in [3.05, 3.63) is 23.0 Å². The number of primary amides is 1. The molecule has 0 radical (unpaired) electrons. The van der Waals surface area contributed by atoms with E-state index in [9.17, 15) is 24.1 Å². The topological polar surface area (TPSA) is 223 Å². The number of aryl methyl sites for hydroxylation is 1. The lowest BCUT2D eigenvalue weighted by molar-refractivity contribution is -0.138. The van der Waals surface area contributed by atoms with Gasteiger partial charge in [0.25, 0.3) is 0 Å². The van der Waals surface area contributed by atoms with E-state index in [1.54, 1.807) is 0 Å². The van der Waals surface area contributed by atoms with Gasteiger partial charge in [-0.3, -0.25) is 23.9 Å². The minimum atomic E-state index is -4.61. The number of phosphoric acid groups is 1. The molecule has 1 aromatic heterocycles. The first-order chi connectivity index (χ1) is 11.9. The molecule has 146 valence electrons. The summed E-state index contributed by atoms with van der Waals surface area (Å²) in [7, 11) is -4.61. The summed E-state index contributed by atoms with van der Waals surface area (Å²) >= 11 is 0. The highest BCUT2D eigenvalue weighted by Gasteiger charge is 2.17. The summed E-state index contributed by atoms with van der Waals surface area (Å²) in [5.74, 6) is -1.96. The number of carboxylic acid groups (broad SMARTS) is 1. The molecule has 26 heavy (non-hydrogen) atoms. The van der Waals surface area contributed by atoms with Crippen molar-refractivity contribution >= 4 is 26.0 Å². The van der Waals surface area contributed by atoms with Crippen molar-refractivity contribution in [2.45, 2.75) is 32.4 Å². The van der Waals surface area contributed by atoms with Gasteiger partial charge in [-0.1, -0.05) is 0 Å². The van der Waals surface area contributed by atoms with Crippen LogP contribution in [0, 0.1) is 6.92 Å². The van der Waals surface area contributed by atoms with Crippen molar-refractivity contribution in [3.63, 3.8) is 0 Å². The van der Waals surface area contributed by atoms with Crippen molar-refractivity contribution < 1.29 is 43.5 Å². The summed E-state index contributed by atoms with van der Waals surface area (Å²) in [5.41, 5.74) is 10.1. The summed E-state index contributed by atoms with van der Waals surface area (Å²) in [6.45, 7) is 0.995. The summed E-state index contributed by atoms with van der Waals surface area (Å²) in [5, 5.41) is 17.7. The fourth-order valence-corrected chi connectivity index (χ4v) is 1.78. The van der Waals surface area contributed by atoms with Crippen LogP contribution in [0.15, 0.2) is 6.20 Å². The number of phosphoric ester groups is 1. The molecule has 12 nitrogen and oxygen atoms in total. The van der Waals surface area contributed by atoms with Gasteiger partial charge < -0.3 is 31.5 Å². The summed E-state index contributed by atoms with van der Waals surface area (Å²) < 4.78 is 14.7. The quantitative estimate of drug-likeness (QED) is 0.236. The summed E-state index contributed by atoms with van der Waals surface area (Å²) in [4.78, 5) is 51.5. The van der Waals surface area contributed by atoms with E-state index < -0.39 is 32.3 Å². The summed E-state index contributed by atoms with van der Waals surface area (Å²) in [6.07, 6.45) is 1.72. The van der Waals surface area contributed by atoms with E-state index in [0.717, 1.165) is 0 Å². The second-order valence-corrected chi connectivity index (χ2v) is 6.20. The first-order valence-corrected chi connectivity index (χ1v) is 8.51. The molecule has 0 unspecified atom stereocenters. The van der Waals surface area contributed by atoms with Gasteiger partial charge in [-0.2, -0.15) is 0 Å². The molecule has 1 aromatic rings. The lowest BCUT2D eigenvalue weighted by Gasteiger charge is -2.09. The van der Waals surface area contributed by atoms with E-state index >= 15 is 0 Å². The number of amides is 1. The highest BCUT2D eigenvalue weighted by Crippen LogP contribution is 2.37. The number of carbonyl (C=O) groups is 3. The van der Waals surface area contributed by atoms with Crippen LogP contribution in [0.5, 0.6) is 5.75 Å². The molecule has 1 atom stereocenters. The zero-order valence-corrected chi connectivity index (χ0v) is 14.6. The average molecular weight is 393 g/mol. The number of hydrogen-bond acceptors (Lipinski definition) is 8. The smallest absolute Gasteiger partial charge is 0.469 e. The molecule has 1 rings (SSSR count). The molecular formula is C13H20N3O9P. The average Bonchev–Trinajstić information content (AvgIpc) is 2.53. The van der Waals surface area contributed by atoms with Gasteiger partial charge in [0.15, 0.2) is 6.29 Å². The highest BCUT2D eigenvalue weighted by molar-refractivity contribution is 7.46. The Balaban J connectivity index is 0.000000541. The van der Waals surface area contributed by atoms with E-state index in [4.69, 9.17) is 26.4 Å². The van der Waals surface area contributed by atoms with Crippen molar-refractivity contribution in [2.24, 2.45) is 11.5 Å². The van der Waals surface area contributed by atoms with Crippen LogP contribution < -0.4 is 11.5 Å². The number of aliphatic carboxylic acids is 1. The van der Waals surface area contributed by atoms with Crippen LogP contribution in [0.4, 0.5) is 0 Å². The van der Waals surface area contributed by atoms with Gasteiger partial charge in [0.1, 0.15) is 11.8 Å².